The van der Waals surface area contributed by atoms with Gasteiger partial charge in [-0.05, 0) is 36.8 Å². The molecule has 0 spiro atoms. The summed E-state index contributed by atoms with van der Waals surface area (Å²) in [6.45, 7) is 2.62. The van der Waals surface area contributed by atoms with Gasteiger partial charge in [0.15, 0.2) is 5.65 Å². The number of benzene rings is 2. The molecule has 0 atom stereocenters. The summed E-state index contributed by atoms with van der Waals surface area (Å²) in [5, 5.41) is 5.57. The first-order valence-electron chi connectivity index (χ1n) is 7.82. The van der Waals surface area contributed by atoms with Crippen molar-refractivity contribution in [2.45, 2.75) is 13.5 Å². The maximum Gasteiger partial charge on any atom is 0.158 e. The van der Waals surface area contributed by atoms with E-state index in [1.165, 1.54) is 12.1 Å². The Kier molecular flexibility index (Phi) is 3.41. The molecule has 120 valence electrons. The van der Waals surface area contributed by atoms with Crippen LogP contribution in [0, 0.1) is 12.7 Å². The molecule has 5 heteroatoms. The molecule has 0 saturated carbocycles. The number of hydrogen-bond acceptors (Lipinski definition) is 3. The van der Waals surface area contributed by atoms with E-state index in [0.717, 1.165) is 33.6 Å². The zero-order valence-electron chi connectivity index (χ0n) is 13.6. The van der Waals surface area contributed by atoms with Gasteiger partial charge in [0.05, 0.1) is 11.2 Å². The molecule has 0 amide bonds. The summed E-state index contributed by atoms with van der Waals surface area (Å²) in [7, 11) is 2.00. The van der Waals surface area contributed by atoms with Gasteiger partial charge in [-0.25, -0.2) is 13.9 Å². The monoisotopic (exact) mass is 320 g/mol. The standard InChI is InChI=1S/C19H17FN4/c1-13-11-18-21-19(16-5-3-4-6-17(16)24(18)22-13)23(2)12-14-7-9-15(20)10-8-14/h3-11H,12H2,1-2H3. The Balaban J connectivity index is 1.83. The molecule has 2 aromatic heterocycles. The normalized spacial score (nSPS) is 11.3. The smallest absolute Gasteiger partial charge is 0.158 e. The molecule has 0 aliphatic rings. The van der Waals surface area contributed by atoms with Crippen LogP contribution in [0.25, 0.3) is 16.6 Å². The lowest BCUT2D eigenvalue weighted by Gasteiger charge is -2.20. The maximum absolute atomic E-state index is 13.1. The predicted octanol–water partition coefficient (Wildman–Crippen LogP) is 3.97. The van der Waals surface area contributed by atoms with Crippen LogP contribution in [0.1, 0.15) is 11.3 Å². The Labute approximate surface area is 139 Å². The fraction of sp³-hybridized carbons (Fsp3) is 0.158. The van der Waals surface area contributed by atoms with Gasteiger partial charge in [0, 0.05) is 25.0 Å². The number of anilines is 1. The lowest BCUT2D eigenvalue weighted by atomic mass is 10.2. The highest BCUT2D eigenvalue weighted by Crippen LogP contribution is 2.26. The molecular weight excluding hydrogens is 303 g/mol. The zero-order valence-corrected chi connectivity index (χ0v) is 13.6. The number of para-hydroxylation sites is 1. The summed E-state index contributed by atoms with van der Waals surface area (Å²) in [5.74, 6) is 0.670. The third-order valence-corrected chi connectivity index (χ3v) is 4.10. The molecular formula is C19H17FN4. The predicted molar refractivity (Wildman–Crippen MR) is 93.7 cm³/mol. The second kappa shape index (κ2) is 5.60. The van der Waals surface area contributed by atoms with Gasteiger partial charge in [0.1, 0.15) is 11.6 Å². The van der Waals surface area contributed by atoms with Gasteiger partial charge < -0.3 is 4.90 Å². The van der Waals surface area contributed by atoms with E-state index in [2.05, 4.69) is 16.1 Å². The van der Waals surface area contributed by atoms with E-state index in [9.17, 15) is 4.39 Å². The minimum absolute atomic E-state index is 0.221. The van der Waals surface area contributed by atoms with Crippen molar-refractivity contribution < 1.29 is 4.39 Å². The summed E-state index contributed by atoms with van der Waals surface area (Å²) in [5.41, 5.74) is 3.82. The molecule has 0 fully saturated rings. The summed E-state index contributed by atoms with van der Waals surface area (Å²) < 4.78 is 15.0. The highest BCUT2D eigenvalue weighted by Gasteiger charge is 2.13. The minimum atomic E-state index is -0.221. The van der Waals surface area contributed by atoms with Crippen LogP contribution in [-0.2, 0) is 6.54 Å². The van der Waals surface area contributed by atoms with E-state index in [1.54, 1.807) is 12.1 Å². The van der Waals surface area contributed by atoms with Gasteiger partial charge in [-0.15, -0.1) is 0 Å². The van der Waals surface area contributed by atoms with Crippen LogP contribution in [0.5, 0.6) is 0 Å². The number of nitrogens with zero attached hydrogens (tertiary/aromatic N) is 4. The highest BCUT2D eigenvalue weighted by atomic mass is 19.1. The van der Waals surface area contributed by atoms with Crippen molar-refractivity contribution in [3.8, 4) is 0 Å². The Hall–Kier alpha value is -2.95. The third-order valence-electron chi connectivity index (χ3n) is 4.10. The van der Waals surface area contributed by atoms with Crippen molar-refractivity contribution in [3.63, 3.8) is 0 Å². The van der Waals surface area contributed by atoms with Crippen LogP contribution in [0.2, 0.25) is 0 Å². The largest absolute Gasteiger partial charge is 0.355 e. The first-order valence-corrected chi connectivity index (χ1v) is 7.82. The number of rotatable bonds is 3. The van der Waals surface area contributed by atoms with Crippen molar-refractivity contribution in [3.05, 3.63) is 71.7 Å². The first kappa shape index (κ1) is 14.6. The fourth-order valence-electron chi connectivity index (χ4n) is 2.99. The van der Waals surface area contributed by atoms with E-state index in [-0.39, 0.29) is 5.82 Å². The van der Waals surface area contributed by atoms with Crippen molar-refractivity contribution >= 4 is 22.4 Å². The second-order valence-corrected chi connectivity index (χ2v) is 5.99. The minimum Gasteiger partial charge on any atom is -0.355 e. The van der Waals surface area contributed by atoms with Gasteiger partial charge in [-0.1, -0.05) is 24.3 Å². The topological polar surface area (TPSA) is 33.4 Å². The Morgan fingerprint density at radius 1 is 1.08 bits per heavy atom. The number of fused-ring (bicyclic) bond motifs is 3. The van der Waals surface area contributed by atoms with E-state index in [4.69, 9.17) is 4.98 Å². The van der Waals surface area contributed by atoms with E-state index < -0.39 is 0 Å². The number of aryl methyl sites for hydroxylation is 1. The molecule has 0 unspecified atom stereocenters. The van der Waals surface area contributed by atoms with Crippen LogP contribution >= 0.6 is 0 Å². The SMILES string of the molecule is Cc1cc2nc(N(C)Cc3ccc(F)cc3)c3ccccc3n2n1. The van der Waals surface area contributed by atoms with Crippen LogP contribution in [0.15, 0.2) is 54.6 Å². The van der Waals surface area contributed by atoms with E-state index >= 15 is 0 Å². The van der Waals surface area contributed by atoms with E-state index in [0.29, 0.717) is 6.54 Å². The van der Waals surface area contributed by atoms with Gasteiger partial charge in [0.25, 0.3) is 0 Å². The molecule has 2 aromatic carbocycles. The highest BCUT2D eigenvalue weighted by molar-refractivity contribution is 5.91. The Bertz CT molecular complexity index is 1020. The molecule has 0 aliphatic heterocycles. The number of hydrogen-bond donors (Lipinski definition) is 0. The van der Waals surface area contributed by atoms with Crippen molar-refractivity contribution in [1.82, 2.24) is 14.6 Å². The Morgan fingerprint density at radius 2 is 1.83 bits per heavy atom. The van der Waals surface area contributed by atoms with Crippen LogP contribution in [0.4, 0.5) is 10.2 Å². The van der Waals surface area contributed by atoms with Gasteiger partial charge in [-0.2, -0.15) is 5.10 Å². The molecule has 4 nitrogen and oxygen atoms in total. The number of halogens is 1. The van der Waals surface area contributed by atoms with Crippen molar-refractivity contribution in [2.24, 2.45) is 0 Å². The third kappa shape index (κ3) is 2.48. The summed E-state index contributed by atoms with van der Waals surface area (Å²) in [6, 6.07) is 16.6. The molecule has 24 heavy (non-hydrogen) atoms. The summed E-state index contributed by atoms with van der Waals surface area (Å²) >= 11 is 0. The van der Waals surface area contributed by atoms with Crippen LogP contribution in [0.3, 0.4) is 0 Å². The van der Waals surface area contributed by atoms with Gasteiger partial charge in [-0.3, -0.25) is 0 Å². The molecule has 0 bridgehead atoms. The molecule has 4 aromatic rings. The number of aromatic nitrogens is 3. The molecule has 4 rings (SSSR count). The summed E-state index contributed by atoms with van der Waals surface area (Å²) in [4.78, 5) is 6.87. The van der Waals surface area contributed by atoms with E-state index in [1.807, 2.05) is 42.8 Å². The van der Waals surface area contributed by atoms with Gasteiger partial charge >= 0.3 is 0 Å². The first-order chi connectivity index (χ1) is 11.6. The molecule has 0 radical (unpaired) electrons. The average Bonchev–Trinajstić information content (AvgIpc) is 2.96. The van der Waals surface area contributed by atoms with Crippen LogP contribution in [-0.4, -0.2) is 21.6 Å². The average molecular weight is 320 g/mol. The second-order valence-electron chi connectivity index (χ2n) is 5.99. The lowest BCUT2D eigenvalue weighted by molar-refractivity contribution is 0.627. The molecule has 0 N–H and O–H groups in total. The van der Waals surface area contributed by atoms with Crippen molar-refractivity contribution in [1.29, 1.82) is 0 Å². The molecule has 0 aliphatic carbocycles. The fourth-order valence-corrected chi connectivity index (χ4v) is 2.99. The van der Waals surface area contributed by atoms with Gasteiger partial charge in [0.2, 0.25) is 0 Å². The molecule has 0 saturated heterocycles. The van der Waals surface area contributed by atoms with Crippen LogP contribution < -0.4 is 4.90 Å². The molecule has 2 heterocycles. The zero-order chi connectivity index (χ0) is 16.7. The quantitative estimate of drug-likeness (QED) is 0.573. The summed E-state index contributed by atoms with van der Waals surface area (Å²) in [6.07, 6.45) is 0. The van der Waals surface area contributed by atoms with Crippen molar-refractivity contribution in [2.75, 3.05) is 11.9 Å². The lowest BCUT2D eigenvalue weighted by Crippen LogP contribution is -2.18. The Morgan fingerprint density at radius 3 is 2.62 bits per heavy atom. The maximum atomic E-state index is 13.1.